The van der Waals surface area contributed by atoms with E-state index >= 15 is 0 Å². The summed E-state index contributed by atoms with van der Waals surface area (Å²) in [6.07, 6.45) is -2.02. The largest absolute Gasteiger partial charge is 0.497 e. The lowest BCUT2D eigenvalue weighted by molar-refractivity contribution is -0.138. The zero-order chi connectivity index (χ0) is 16.3. The Morgan fingerprint density at radius 2 is 1.91 bits per heavy atom. The molecule has 4 nitrogen and oxygen atoms in total. The van der Waals surface area contributed by atoms with E-state index in [1.807, 2.05) is 0 Å². The molecule has 1 N–H and O–H groups in total. The van der Waals surface area contributed by atoms with Crippen molar-refractivity contribution in [3.63, 3.8) is 0 Å². The minimum atomic E-state index is -4.50. The summed E-state index contributed by atoms with van der Waals surface area (Å²) in [4.78, 5) is 14.6. The Morgan fingerprint density at radius 3 is 2.50 bits per heavy atom. The Kier molecular flexibility index (Phi) is 4.35. The SMILES string of the molecule is COc1cc(-c2cncc(CC(=O)O)c2)cc(C(F)(F)F)c1. The number of hydrogen-bond donors (Lipinski definition) is 1. The lowest BCUT2D eigenvalue weighted by Crippen LogP contribution is -2.05. The van der Waals surface area contributed by atoms with Gasteiger partial charge >= 0.3 is 12.1 Å². The van der Waals surface area contributed by atoms with E-state index in [0.717, 1.165) is 12.1 Å². The predicted octanol–water partition coefficient (Wildman–Crippen LogP) is 3.40. The fourth-order valence-corrected chi connectivity index (χ4v) is 1.96. The topological polar surface area (TPSA) is 59.4 Å². The maximum atomic E-state index is 12.9. The van der Waals surface area contributed by atoms with Crippen molar-refractivity contribution in [2.45, 2.75) is 12.6 Å². The van der Waals surface area contributed by atoms with E-state index in [1.165, 1.54) is 31.6 Å². The number of hydrogen-bond acceptors (Lipinski definition) is 3. The molecule has 0 spiro atoms. The number of carboxylic acid groups (broad SMARTS) is 1. The highest BCUT2D eigenvalue weighted by molar-refractivity contribution is 5.72. The summed E-state index contributed by atoms with van der Waals surface area (Å²) in [7, 11) is 1.28. The van der Waals surface area contributed by atoms with Gasteiger partial charge in [0.25, 0.3) is 0 Å². The van der Waals surface area contributed by atoms with Gasteiger partial charge in [-0.15, -0.1) is 0 Å². The summed E-state index contributed by atoms with van der Waals surface area (Å²) in [5, 5.41) is 8.76. The molecule has 1 heterocycles. The van der Waals surface area contributed by atoms with Crippen molar-refractivity contribution in [3.8, 4) is 16.9 Å². The van der Waals surface area contributed by atoms with Crippen molar-refractivity contribution in [3.05, 3.63) is 47.8 Å². The van der Waals surface area contributed by atoms with Gasteiger partial charge in [-0.1, -0.05) is 0 Å². The van der Waals surface area contributed by atoms with Gasteiger partial charge in [-0.05, 0) is 35.4 Å². The maximum Gasteiger partial charge on any atom is 0.416 e. The first-order valence-electron chi connectivity index (χ1n) is 6.22. The fraction of sp³-hybridized carbons (Fsp3) is 0.200. The van der Waals surface area contributed by atoms with Crippen LogP contribution in [0.2, 0.25) is 0 Å². The first kappa shape index (κ1) is 15.8. The molecule has 0 bridgehead atoms. The van der Waals surface area contributed by atoms with Gasteiger partial charge in [0, 0.05) is 18.0 Å². The number of nitrogens with zero attached hydrogens (tertiary/aromatic N) is 1. The van der Waals surface area contributed by atoms with Gasteiger partial charge in [0.05, 0.1) is 19.1 Å². The van der Waals surface area contributed by atoms with Crippen LogP contribution in [0.4, 0.5) is 13.2 Å². The molecule has 0 radical (unpaired) electrons. The molecule has 0 aliphatic carbocycles. The summed E-state index contributed by atoms with van der Waals surface area (Å²) in [5.41, 5.74) is 0.210. The molecule has 116 valence electrons. The van der Waals surface area contributed by atoms with Crippen LogP contribution in [0.3, 0.4) is 0 Å². The second-order valence-electron chi connectivity index (χ2n) is 4.60. The Hall–Kier alpha value is -2.57. The molecule has 1 aromatic carbocycles. The predicted molar refractivity (Wildman–Crippen MR) is 72.6 cm³/mol. The van der Waals surface area contributed by atoms with Gasteiger partial charge in [0.1, 0.15) is 5.75 Å². The summed E-state index contributed by atoms with van der Waals surface area (Å²) < 4.78 is 43.6. The normalized spacial score (nSPS) is 11.3. The Balaban J connectivity index is 2.50. The van der Waals surface area contributed by atoms with Crippen LogP contribution in [-0.2, 0) is 17.4 Å². The quantitative estimate of drug-likeness (QED) is 0.940. The summed E-state index contributed by atoms with van der Waals surface area (Å²) in [6, 6.07) is 4.81. The molecule has 7 heteroatoms. The third-order valence-corrected chi connectivity index (χ3v) is 2.95. The van der Waals surface area contributed by atoms with E-state index in [2.05, 4.69) is 4.98 Å². The average Bonchev–Trinajstić information content (AvgIpc) is 2.45. The fourth-order valence-electron chi connectivity index (χ4n) is 1.96. The summed E-state index contributed by atoms with van der Waals surface area (Å²) in [6.45, 7) is 0. The second-order valence-corrected chi connectivity index (χ2v) is 4.60. The Bertz CT molecular complexity index is 699. The van der Waals surface area contributed by atoms with Crippen LogP contribution in [0.5, 0.6) is 5.75 Å². The van der Waals surface area contributed by atoms with Crippen molar-refractivity contribution in [1.82, 2.24) is 4.98 Å². The van der Waals surface area contributed by atoms with Gasteiger partial charge in [-0.2, -0.15) is 13.2 Å². The molecule has 0 saturated heterocycles. The van der Waals surface area contributed by atoms with Crippen LogP contribution >= 0.6 is 0 Å². The molecule has 0 aliphatic heterocycles. The molecule has 2 aromatic rings. The third-order valence-electron chi connectivity index (χ3n) is 2.95. The summed E-state index contributed by atoms with van der Waals surface area (Å²) in [5.74, 6) is -0.978. The number of alkyl halides is 3. The molecule has 0 fully saturated rings. The number of rotatable bonds is 4. The third kappa shape index (κ3) is 3.75. The number of carbonyl (C=O) groups is 1. The molecule has 2 rings (SSSR count). The molecule has 0 atom stereocenters. The molecule has 22 heavy (non-hydrogen) atoms. The van der Waals surface area contributed by atoms with Crippen molar-refractivity contribution in [2.75, 3.05) is 7.11 Å². The van der Waals surface area contributed by atoms with Crippen LogP contribution in [0.1, 0.15) is 11.1 Å². The zero-order valence-electron chi connectivity index (χ0n) is 11.5. The highest BCUT2D eigenvalue weighted by Crippen LogP contribution is 2.35. The molecular formula is C15H12F3NO3. The number of benzene rings is 1. The number of halogens is 3. The van der Waals surface area contributed by atoms with Gasteiger partial charge in [-0.3, -0.25) is 9.78 Å². The highest BCUT2D eigenvalue weighted by atomic mass is 19.4. The number of carboxylic acids is 1. The van der Waals surface area contributed by atoms with Crippen LogP contribution in [0.25, 0.3) is 11.1 Å². The molecular weight excluding hydrogens is 299 g/mol. The number of aromatic nitrogens is 1. The second kappa shape index (κ2) is 6.05. The Labute approximate surface area is 124 Å². The number of ether oxygens (including phenoxy) is 1. The highest BCUT2D eigenvalue weighted by Gasteiger charge is 2.31. The smallest absolute Gasteiger partial charge is 0.416 e. The lowest BCUT2D eigenvalue weighted by atomic mass is 10.0. The van der Waals surface area contributed by atoms with Gasteiger partial charge in [0.2, 0.25) is 0 Å². The van der Waals surface area contributed by atoms with Crippen molar-refractivity contribution >= 4 is 5.97 Å². The average molecular weight is 311 g/mol. The van der Waals surface area contributed by atoms with E-state index < -0.39 is 17.7 Å². The van der Waals surface area contributed by atoms with E-state index in [0.29, 0.717) is 11.1 Å². The van der Waals surface area contributed by atoms with Crippen molar-refractivity contribution < 1.29 is 27.8 Å². The minimum absolute atomic E-state index is 0.0634. The standard InChI is InChI=1S/C15H12F3NO3/c1-22-13-5-10(4-12(6-13)15(16,17)18)11-2-9(3-14(20)21)7-19-8-11/h2,4-8H,3H2,1H3,(H,20,21). The van der Waals surface area contributed by atoms with E-state index in [-0.39, 0.29) is 17.7 Å². The van der Waals surface area contributed by atoms with E-state index in [4.69, 9.17) is 9.84 Å². The number of methoxy groups -OCH3 is 1. The number of pyridine rings is 1. The lowest BCUT2D eigenvalue weighted by Gasteiger charge is -2.12. The van der Waals surface area contributed by atoms with E-state index in [1.54, 1.807) is 0 Å². The molecule has 0 unspecified atom stereocenters. The summed E-state index contributed by atoms with van der Waals surface area (Å²) >= 11 is 0. The van der Waals surface area contributed by atoms with Crippen molar-refractivity contribution in [2.24, 2.45) is 0 Å². The minimum Gasteiger partial charge on any atom is -0.497 e. The van der Waals surface area contributed by atoms with Crippen LogP contribution in [0, 0.1) is 0 Å². The monoisotopic (exact) mass is 311 g/mol. The molecule has 0 aliphatic rings. The van der Waals surface area contributed by atoms with Gasteiger partial charge < -0.3 is 9.84 Å². The first-order valence-corrected chi connectivity index (χ1v) is 6.22. The van der Waals surface area contributed by atoms with Crippen LogP contribution < -0.4 is 4.74 Å². The van der Waals surface area contributed by atoms with E-state index in [9.17, 15) is 18.0 Å². The molecule has 0 saturated carbocycles. The Morgan fingerprint density at radius 1 is 1.18 bits per heavy atom. The molecule has 1 aromatic heterocycles. The number of aliphatic carboxylic acids is 1. The maximum absolute atomic E-state index is 12.9. The van der Waals surface area contributed by atoms with Gasteiger partial charge in [0.15, 0.2) is 0 Å². The van der Waals surface area contributed by atoms with Crippen LogP contribution in [0.15, 0.2) is 36.7 Å². The van der Waals surface area contributed by atoms with Gasteiger partial charge in [-0.25, -0.2) is 0 Å². The van der Waals surface area contributed by atoms with Crippen LogP contribution in [-0.4, -0.2) is 23.2 Å². The zero-order valence-corrected chi connectivity index (χ0v) is 11.5. The van der Waals surface area contributed by atoms with Crippen molar-refractivity contribution in [1.29, 1.82) is 0 Å². The first-order chi connectivity index (χ1) is 10.3. The molecule has 0 amide bonds.